The first-order chi connectivity index (χ1) is 26.5. The molecule has 0 bridgehead atoms. The lowest BCUT2D eigenvalue weighted by molar-refractivity contribution is -0.767. The van der Waals surface area contributed by atoms with Gasteiger partial charge >= 0.3 is 18.1 Å². The number of H-pyrrole nitrogens is 1. The average molecular weight is 784 g/mol. The van der Waals surface area contributed by atoms with Gasteiger partial charge < -0.3 is 37.8 Å². The fourth-order valence-electron chi connectivity index (χ4n) is 6.32. The van der Waals surface area contributed by atoms with E-state index in [0.29, 0.717) is 18.1 Å². The topological polar surface area (TPSA) is 231 Å². The summed E-state index contributed by atoms with van der Waals surface area (Å²) in [7, 11) is 0. The smallest absolute Gasteiger partial charge is 0.457 e. The molecular weight excluding hydrogens is 746 g/mol. The van der Waals surface area contributed by atoms with Crippen molar-refractivity contribution < 1.29 is 52.7 Å². The number of aromatic amines is 1. The van der Waals surface area contributed by atoms with E-state index in [1.807, 2.05) is 55.5 Å². The van der Waals surface area contributed by atoms with Crippen LogP contribution in [-0.4, -0.2) is 103 Å². The molecule has 4 aromatic rings. The van der Waals surface area contributed by atoms with Crippen LogP contribution in [0.4, 0.5) is 4.79 Å². The van der Waals surface area contributed by atoms with Crippen LogP contribution >= 0.6 is 11.6 Å². The maximum Gasteiger partial charge on any atom is 0.511 e. The number of hydrogen-bond acceptors (Lipinski definition) is 16. The number of esters is 2. The van der Waals surface area contributed by atoms with Gasteiger partial charge in [-0.05, 0) is 35.2 Å². The largest absolute Gasteiger partial charge is 0.511 e. The van der Waals surface area contributed by atoms with Gasteiger partial charge in [-0.2, -0.15) is 5.21 Å². The molecule has 2 aromatic heterocycles. The van der Waals surface area contributed by atoms with Crippen LogP contribution < -0.4 is 0 Å². The minimum Gasteiger partial charge on any atom is -0.457 e. The molecule has 4 heterocycles. The van der Waals surface area contributed by atoms with Gasteiger partial charge in [-0.15, -0.1) is 20.3 Å². The van der Waals surface area contributed by atoms with Gasteiger partial charge in [-0.1, -0.05) is 73.5 Å². The molecule has 55 heavy (non-hydrogen) atoms. The van der Waals surface area contributed by atoms with Crippen molar-refractivity contribution in [2.45, 2.75) is 89.8 Å². The molecule has 2 saturated heterocycles. The average Bonchev–Trinajstić information content (AvgIpc) is 3.94. The van der Waals surface area contributed by atoms with E-state index in [1.165, 1.54) is 13.8 Å². The Hall–Kier alpha value is -5.66. The van der Waals surface area contributed by atoms with Crippen molar-refractivity contribution in [3.63, 3.8) is 0 Å². The second kappa shape index (κ2) is 17.7. The fourth-order valence-corrected chi connectivity index (χ4v) is 6.60. The number of ether oxygens (including phenoxy) is 6. The Balaban J connectivity index is 1.06. The molecule has 0 spiro atoms. The number of rotatable bonds is 16. The Bertz CT molecular complexity index is 1980. The summed E-state index contributed by atoms with van der Waals surface area (Å²) < 4.78 is 34.5. The Morgan fingerprint density at radius 3 is 2.36 bits per heavy atom. The molecule has 19 nitrogen and oxygen atoms in total. The van der Waals surface area contributed by atoms with E-state index in [9.17, 15) is 24.5 Å². The maximum atomic E-state index is 13.5. The quantitative estimate of drug-likeness (QED) is 0.0542. The van der Waals surface area contributed by atoms with Crippen LogP contribution in [0.25, 0.3) is 22.5 Å². The van der Waals surface area contributed by atoms with Crippen LogP contribution in [-0.2, 0) is 51.0 Å². The third kappa shape index (κ3) is 9.53. The van der Waals surface area contributed by atoms with Gasteiger partial charge in [-0.3, -0.25) is 4.79 Å². The lowest BCUT2D eigenvalue weighted by Gasteiger charge is -2.19. The molecule has 2 aliphatic heterocycles. The minimum absolute atomic E-state index is 0.00516. The zero-order valence-electron chi connectivity index (χ0n) is 30.0. The van der Waals surface area contributed by atoms with E-state index < -0.39 is 60.0 Å². The van der Waals surface area contributed by atoms with Gasteiger partial charge in [0.1, 0.15) is 24.1 Å². The van der Waals surface area contributed by atoms with Crippen LogP contribution in [0, 0.1) is 10.1 Å². The predicted molar refractivity (Wildman–Crippen MR) is 188 cm³/mol. The maximum absolute atomic E-state index is 13.5. The summed E-state index contributed by atoms with van der Waals surface area (Å²) in [5.41, 5.74) is 3.50. The van der Waals surface area contributed by atoms with Gasteiger partial charge in [0, 0.05) is 25.5 Å². The zero-order valence-corrected chi connectivity index (χ0v) is 30.7. The molecule has 2 aliphatic rings. The second-order valence-corrected chi connectivity index (χ2v) is 13.2. The Kier molecular flexibility index (Phi) is 12.5. The van der Waals surface area contributed by atoms with E-state index >= 15 is 0 Å². The summed E-state index contributed by atoms with van der Waals surface area (Å²) in [6.45, 7) is 4.85. The summed E-state index contributed by atoms with van der Waals surface area (Å²) in [4.78, 5) is 57.8. The molecule has 6 atom stereocenters. The number of fused-ring (bicyclic) bond motifs is 1. The van der Waals surface area contributed by atoms with E-state index in [4.69, 9.17) is 40.0 Å². The number of nitrogens with zero attached hydrogens (tertiary/aromatic N) is 6. The van der Waals surface area contributed by atoms with Crippen molar-refractivity contribution >= 4 is 29.7 Å². The zero-order chi connectivity index (χ0) is 39.1. The molecule has 0 radical (unpaired) electrons. The number of tetrazole rings is 1. The lowest BCUT2D eigenvalue weighted by atomic mass is 9.98. The Morgan fingerprint density at radius 1 is 1.02 bits per heavy atom. The molecule has 292 valence electrons. The first kappa shape index (κ1) is 39.0. The Morgan fingerprint density at radius 2 is 1.71 bits per heavy atom. The standard InChI is InChI=1S/C35H38ClN7O12/c1-4-5-10-27-37-32(36)29(42(27)16-21-11-13-22(14-12-21)23-8-6-7-9-24(23)33-38-40-41-39-33)34(45)51-20(3)52-35(46)54-26-18-50-30-25(17-49-31(26)30)53-28(44)15-19(2)55-43(47)48/h6-9,11-14,19-20,25-26,30-31H,4-5,10,15-18H2,1-3H3,(H,38,39,40,41)/t19?,20?,25-,26-,30?,31?/m1/s1. The highest BCUT2D eigenvalue weighted by Crippen LogP contribution is 2.32. The lowest BCUT2D eigenvalue weighted by Crippen LogP contribution is -2.37. The van der Waals surface area contributed by atoms with Gasteiger partial charge in [-0.25, -0.2) is 14.6 Å². The highest BCUT2D eigenvalue weighted by Gasteiger charge is 2.51. The number of aromatic nitrogens is 6. The first-order valence-corrected chi connectivity index (χ1v) is 17.9. The summed E-state index contributed by atoms with van der Waals surface area (Å²) >= 11 is 6.53. The Labute approximate surface area is 318 Å². The second-order valence-electron chi connectivity index (χ2n) is 12.8. The number of aryl methyl sites for hydroxylation is 1. The summed E-state index contributed by atoms with van der Waals surface area (Å²) in [5, 5.41) is 23.8. The molecule has 4 unspecified atom stereocenters. The SMILES string of the molecule is CCCCc1nc(Cl)c(C(=O)OC(C)OC(=O)O[C@@H]2COC3C2OC[C@H]3OC(=O)CC(C)O[N+](=O)[O-])n1Cc1ccc(-c2ccccc2-c2nn[nH]n2)cc1. The molecular formula is C35H38ClN7O12. The molecule has 2 aromatic carbocycles. The number of carbonyl (C=O) groups is 3. The number of halogens is 1. The normalized spacial score (nSPS) is 19.9. The van der Waals surface area contributed by atoms with E-state index in [0.717, 1.165) is 35.1 Å². The first-order valence-electron chi connectivity index (χ1n) is 17.5. The fraction of sp³-hybridized carbons (Fsp3) is 0.457. The van der Waals surface area contributed by atoms with Gasteiger partial charge in [0.25, 0.3) is 5.09 Å². The highest BCUT2D eigenvalue weighted by atomic mass is 35.5. The van der Waals surface area contributed by atoms with Gasteiger partial charge in [0.05, 0.1) is 19.6 Å². The van der Waals surface area contributed by atoms with Crippen molar-refractivity contribution in [1.29, 1.82) is 0 Å². The molecule has 0 amide bonds. The molecule has 0 aliphatic carbocycles. The van der Waals surface area contributed by atoms with E-state index in [-0.39, 0.29) is 37.0 Å². The summed E-state index contributed by atoms with van der Waals surface area (Å²) in [6, 6.07) is 15.5. The van der Waals surface area contributed by atoms with Crippen LogP contribution in [0.15, 0.2) is 48.5 Å². The minimum atomic E-state index is -1.39. The molecule has 20 heteroatoms. The molecule has 1 N–H and O–H groups in total. The van der Waals surface area contributed by atoms with Crippen molar-refractivity contribution in [2.24, 2.45) is 0 Å². The number of imidazole rings is 1. The predicted octanol–water partition coefficient (Wildman–Crippen LogP) is 4.50. The number of benzene rings is 2. The van der Waals surface area contributed by atoms with Crippen molar-refractivity contribution in [3.05, 3.63) is 80.9 Å². The van der Waals surface area contributed by atoms with Crippen LogP contribution in [0.3, 0.4) is 0 Å². The van der Waals surface area contributed by atoms with E-state index in [1.54, 1.807) is 4.57 Å². The van der Waals surface area contributed by atoms with Crippen molar-refractivity contribution in [1.82, 2.24) is 30.2 Å². The molecule has 6 rings (SSSR count). The molecule has 0 saturated carbocycles. The summed E-state index contributed by atoms with van der Waals surface area (Å²) in [6.07, 6.45) is -4.97. The number of hydrogen-bond donors (Lipinski definition) is 1. The van der Waals surface area contributed by atoms with Crippen molar-refractivity contribution in [2.75, 3.05) is 13.2 Å². The van der Waals surface area contributed by atoms with Crippen LogP contribution in [0.2, 0.25) is 5.15 Å². The van der Waals surface area contributed by atoms with Crippen LogP contribution in [0.1, 0.15) is 61.9 Å². The number of nitrogens with one attached hydrogen (secondary N) is 1. The monoisotopic (exact) mass is 783 g/mol. The highest BCUT2D eigenvalue weighted by molar-refractivity contribution is 6.32. The third-order valence-corrected chi connectivity index (χ3v) is 9.08. The molecule has 2 fully saturated rings. The van der Waals surface area contributed by atoms with Gasteiger partial charge in [0.15, 0.2) is 23.1 Å². The summed E-state index contributed by atoms with van der Waals surface area (Å²) in [5.74, 6) is -0.549. The third-order valence-electron chi connectivity index (χ3n) is 8.82. The number of unbranched alkanes of at least 4 members (excludes halogenated alkanes) is 1. The number of carbonyl (C=O) groups excluding carboxylic acids is 3. The van der Waals surface area contributed by atoms with Gasteiger partial charge in [0.2, 0.25) is 12.1 Å². The van der Waals surface area contributed by atoms with Crippen LogP contribution in [0.5, 0.6) is 0 Å². The van der Waals surface area contributed by atoms with Crippen molar-refractivity contribution in [3.8, 4) is 22.5 Å². The van der Waals surface area contributed by atoms with E-state index in [2.05, 4.69) is 30.4 Å².